The summed E-state index contributed by atoms with van der Waals surface area (Å²) in [7, 11) is 1.87. The van der Waals surface area contributed by atoms with E-state index in [0.717, 1.165) is 6.42 Å². The van der Waals surface area contributed by atoms with Gasteiger partial charge in [0.05, 0.1) is 0 Å². The summed E-state index contributed by atoms with van der Waals surface area (Å²) >= 11 is 0. The second kappa shape index (κ2) is 2.80. The van der Waals surface area contributed by atoms with Crippen LogP contribution in [0.2, 0.25) is 0 Å². The van der Waals surface area contributed by atoms with Crippen molar-refractivity contribution in [1.29, 1.82) is 0 Å². The Labute approximate surface area is 69.2 Å². The van der Waals surface area contributed by atoms with E-state index in [0.29, 0.717) is 11.3 Å². The third-order valence-corrected chi connectivity index (χ3v) is 2.78. The Bertz CT molecular complexity index is 199. The van der Waals surface area contributed by atoms with Gasteiger partial charge in [-0.3, -0.25) is 4.99 Å². The Balaban J connectivity index is 2.83. The van der Waals surface area contributed by atoms with E-state index >= 15 is 0 Å². The van der Waals surface area contributed by atoms with Crippen LogP contribution >= 0.6 is 0 Å². The van der Waals surface area contributed by atoms with Crippen LogP contribution in [0.3, 0.4) is 0 Å². The lowest BCUT2D eigenvalue weighted by molar-refractivity contribution is 0.311. The Morgan fingerprint density at radius 1 is 1.55 bits per heavy atom. The minimum Gasteiger partial charge on any atom is -0.293 e. The highest BCUT2D eigenvalue weighted by Gasteiger charge is 2.26. The fraction of sp³-hybridized carbons (Fsp3) is 0.700. The number of hydrogen-bond donors (Lipinski definition) is 0. The molecule has 11 heavy (non-hydrogen) atoms. The molecule has 0 N–H and O–H groups in total. The minimum atomic E-state index is 0.355. The molecule has 0 heterocycles. The van der Waals surface area contributed by atoms with Gasteiger partial charge in [-0.15, -0.1) is 0 Å². The summed E-state index contributed by atoms with van der Waals surface area (Å²) in [6, 6.07) is 0. The van der Waals surface area contributed by atoms with Gasteiger partial charge in [-0.1, -0.05) is 26.8 Å². The predicted molar refractivity (Wildman–Crippen MR) is 50.1 cm³/mol. The van der Waals surface area contributed by atoms with Gasteiger partial charge in [0.15, 0.2) is 0 Å². The maximum atomic E-state index is 4.19. The first-order valence-corrected chi connectivity index (χ1v) is 4.21. The lowest BCUT2D eigenvalue weighted by Crippen LogP contribution is -2.25. The van der Waals surface area contributed by atoms with Crippen molar-refractivity contribution in [2.75, 3.05) is 7.05 Å². The molecule has 0 aliphatic heterocycles. The molecular weight excluding hydrogens is 134 g/mol. The van der Waals surface area contributed by atoms with Crippen LogP contribution in [0.1, 0.15) is 27.2 Å². The zero-order valence-corrected chi connectivity index (χ0v) is 7.89. The number of hydrogen-bond acceptors (Lipinski definition) is 1. The van der Waals surface area contributed by atoms with Crippen LogP contribution in [0.15, 0.2) is 17.1 Å². The Hall–Kier alpha value is -0.590. The van der Waals surface area contributed by atoms with Crippen molar-refractivity contribution < 1.29 is 0 Å². The first-order valence-electron chi connectivity index (χ1n) is 4.21. The summed E-state index contributed by atoms with van der Waals surface area (Å²) in [5, 5.41) is 0. The standard InChI is InChI=1S/C10H17N/c1-8-7-9(11-4)5-6-10(8,2)3/h5-6,8H,7H2,1-4H3. The van der Waals surface area contributed by atoms with E-state index in [2.05, 4.69) is 37.9 Å². The highest BCUT2D eigenvalue weighted by atomic mass is 14.7. The van der Waals surface area contributed by atoms with Gasteiger partial charge in [0.2, 0.25) is 0 Å². The minimum absolute atomic E-state index is 0.355. The van der Waals surface area contributed by atoms with E-state index in [4.69, 9.17) is 0 Å². The zero-order valence-electron chi connectivity index (χ0n) is 7.89. The van der Waals surface area contributed by atoms with Crippen molar-refractivity contribution in [1.82, 2.24) is 0 Å². The topological polar surface area (TPSA) is 12.4 Å². The Morgan fingerprint density at radius 3 is 2.64 bits per heavy atom. The van der Waals surface area contributed by atoms with E-state index in [1.807, 2.05) is 7.05 Å². The molecule has 0 aromatic rings. The molecular formula is C10H17N. The predicted octanol–water partition coefficient (Wildman–Crippen LogP) is 2.68. The van der Waals surface area contributed by atoms with E-state index < -0.39 is 0 Å². The second-order valence-corrected chi connectivity index (χ2v) is 3.97. The molecule has 0 bridgehead atoms. The van der Waals surface area contributed by atoms with Gasteiger partial charge in [0, 0.05) is 12.8 Å². The number of aliphatic imine (C=N–C) groups is 1. The number of nitrogens with zero attached hydrogens (tertiary/aromatic N) is 1. The van der Waals surface area contributed by atoms with E-state index in [1.54, 1.807) is 0 Å². The maximum absolute atomic E-state index is 4.19. The Kier molecular flexibility index (Phi) is 2.17. The molecule has 1 aliphatic carbocycles. The van der Waals surface area contributed by atoms with E-state index in [9.17, 15) is 0 Å². The number of rotatable bonds is 0. The smallest absolute Gasteiger partial charge is 0.0344 e. The fourth-order valence-electron chi connectivity index (χ4n) is 1.29. The third-order valence-electron chi connectivity index (χ3n) is 2.78. The third kappa shape index (κ3) is 1.70. The van der Waals surface area contributed by atoms with Gasteiger partial charge in [0.25, 0.3) is 0 Å². The van der Waals surface area contributed by atoms with E-state index in [-0.39, 0.29) is 0 Å². The lowest BCUT2D eigenvalue weighted by atomic mass is 9.73. The van der Waals surface area contributed by atoms with Crippen LogP contribution in [0.25, 0.3) is 0 Å². The van der Waals surface area contributed by atoms with Crippen LogP contribution in [0.5, 0.6) is 0 Å². The molecule has 0 aromatic heterocycles. The molecule has 0 fully saturated rings. The average molecular weight is 151 g/mol. The SMILES string of the molecule is CN=C1C=CC(C)(C)C(C)C1. The molecule has 1 atom stereocenters. The molecule has 0 aromatic carbocycles. The summed E-state index contributed by atoms with van der Waals surface area (Å²) in [6.45, 7) is 6.84. The first-order chi connectivity index (χ1) is 5.06. The van der Waals surface area contributed by atoms with Crippen molar-refractivity contribution in [3.05, 3.63) is 12.2 Å². The lowest BCUT2D eigenvalue weighted by Gasteiger charge is -2.32. The molecule has 1 unspecified atom stereocenters. The summed E-state index contributed by atoms with van der Waals surface area (Å²) in [4.78, 5) is 4.19. The molecule has 0 radical (unpaired) electrons. The monoisotopic (exact) mass is 151 g/mol. The van der Waals surface area contributed by atoms with E-state index in [1.165, 1.54) is 5.71 Å². The second-order valence-electron chi connectivity index (χ2n) is 3.97. The van der Waals surface area contributed by atoms with Crippen LogP contribution in [-0.2, 0) is 0 Å². The quantitative estimate of drug-likeness (QED) is 0.504. The molecule has 1 heteroatoms. The summed E-state index contributed by atoms with van der Waals surface area (Å²) in [5.41, 5.74) is 1.59. The fourth-order valence-corrected chi connectivity index (χ4v) is 1.29. The van der Waals surface area contributed by atoms with Gasteiger partial charge in [-0.2, -0.15) is 0 Å². The van der Waals surface area contributed by atoms with Gasteiger partial charge >= 0.3 is 0 Å². The van der Waals surface area contributed by atoms with Crippen molar-refractivity contribution in [2.24, 2.45) is 16.3 Å². The van der Waals surface area contributed by atoms with Crippen LogP contribution in [0.4, 0.5) is 0 Å². The van der Waals surface area contributed by atoms with Crippen molar-refractivity contribution in [3.8, 4) is 0 Å². The molecule has 0 amide bonds. The van der Waals surface area contributed by atoms with Crippen molar-refractivity contribution in [3.63, 3.8) is 0 Å². The molecule has 0 spiro atoms. The zero-order chi connectivity index (χ0) is 8.48. The summed E-state index contributed by atoms with van der Waals surface area (Å²) in [5.74, 6) is 0.714. The molecule has 62 valence electrons. The van der Waals surface area contributed by atoms with Gasteiger partial charge in [-0.25, -0.2) is 0 Å². The molecule has 0 saturated heterocycles. The van der Waals surface area contributed by atoms with Gasteiger partial charge < -0.3 is 0 Å². The highest BCUT2D eigenvalue weighted by Crippen LogP contribution is 2.34. The molecule has 1 aliphatic rings. The highest BCUT2D eigenvalue weighted by molar-refractivity contribution is 5.95. The van der Waals surface area contributed by atoms with Gasteiger partial charge in [-0.05, 0) is 23.8 Å². The van der Waals surface area contributed by atoms with Crippen LogP contribution < -0.4 is 0 Å². The number of allylic oxidation sites excluding steroid dienone is 2. The molecule has 1 nitrogen and oxygen atoms in total. The largest absolute Gasteiger partial charge is 0.293 e. The molecule has 1 rings (SSSR count). The Morgan fingerprint density at radius 2 is 2.18 bits per heavy atom. The van der Waals surface area contributed by atoms with Crippen LogP contribution in [-0.4, -0.2) is 12.8 Å². The normalized spacial score (nSPS) is 32.7. The average Bonchev–Trinajstić information content (AvgIpc) is 1.95. The maximum Gasteiger partial charge on any atom is 0.0344 e. The first kappa shape index (κ1) is 8.51. The van der Waals surface area contributed by atoms with Crippen molar-refractivity contribution in [2.45, 2.75) is 27.2 Å². The summed E-state index contributed by atoms with van der Waals surface area (Å²) < 4.78 is 0. The van der Waals surface area contributed by atoms with Gasteiger partial charge in [0.1, 0.15) is 0 Å². The molecule has 0 saturated carbocycles. The summed E-state index contributed by atoms with van der Waals surface area (Å²) in [6.07, 6.45) is 5.55. The van der Waals surface area contributed by atoms with Crippen molar-refractivity contribution >= 4 is 5.71 Å². The van der Waals surface area contributed by atoms with Crippen LogP contribution in [0, 0.1) is 11.3 Å².